The second kappa shape index (κ2) is 13.2. The highest BCUT2D eigenvalue weighted by atomic mass is 16.3. The summed E-state index contributed by atoms with van der Waals surface area (Å²) in [5.41, 5.74) is 18.4. The Morgan fingerprint density at radius 3 is 1.78 bits per heavy atom. The van der Waals surface area contributed by atoms with Crippen LogP contribution in [0.1, 0.15) is 25.0 Å². The lowest BCUT2D eigenvalue weighted by Gasteiger charge is -2.31. The van der Waals surface area contributed by atoms with E-state index >= 15 is 0 Å². The van der Waals surface area contributed by atoms with Gasteiger partial charge in [-0.25, -0.2) is 0 Å². The van der Waals surface area contributed by atoms with Gasteiger partial charge >= 0.3 is 0 Å². The van der Waals surface area contributed by atoms with Gasteiger partial charge in [0, 0.05) is 43.8 Å². The third-order valence-corrected chi connectivity index (χ3v) is 12.7. The van der Waals surface area contributed by atoms with Gasteiger partial charge in [-0.05, 0) is 93.0 Å². The van der Waals surface area contributed by atoms with Crippen LogP contribution in [0, 0.1) is 0 Å². The molecule has 2 heterocycles. The molecule has 3 heteroatoms. The van der Waals surface area contributed by atoms with Crippen LogP contribution < -0.4 is 4.90 Å². The van der Waals surface area contributed by atoms with Crippen LogP contribution in [0.3, 0.4) is 0 Å². The maximum absolute atomic E-state index is 7.14. The molecule has 0 amide bonds. The second-order valence-corrected chi connectivity index (χ2v) is 16.4. The zero-order chi connectivity index (χ0) is 40.0. The molecule has 0 aliphatic heterocycles. The number of rotatable bonds is 6. The summed E-state index contributed by atoms with van der Waals surface area (Å²) in [5, 5.41) is 4.27. The molecule has 11 aromatic rings. The zero-order valence-electron chi connectivity index (χ0n) is 33.3. The predicted octanol–water partition coefficient (Wildman–Crippen LogP) is 16.3. The summed E-state index contributed by atoms with van der Waals surface area (Å²) in [6.45, 7) is 4.70. The molecule has 0 saturated heterocycles. The van der Waals surface area contributed by atoms with Crippen LogP contribution in [-0.4, -0.2) is 0 Å². The van der Waals surface area contributed by atoms with E-state index in [2.05, 4.69) is 201 Å². The summed E-state index contributed by atoms with van der Waals surface area (Å²) < 4.78 is 13.5. The summed E-state index contributed by atoms with van der Waals surface area (Å²) in [6.07, 6.45) is 0. The number of hydrogen-bond donors (Lipinski definition) is 0. The quantitative estimate of drug-likeness (QED) is 0.169. The number of benzene rings is 9. The van der Waals surface area contributed by atoms with Crippen LogP contribution in [-0.2, 0) is 5.41 Å². The lowest BCUT2D eigenvalue weighted by Crippen LogP contribution is -2.17. The molecule has 284 valence electrons. The first-order chi connectivity index (χ1) is 29.5. The number of para-hydroxylation sites is 2. The molecule has 0 radical (unpaired) electrons. The van der Waals surface area contributed by atoms with Gasteiger partial charge in [0.15, 0.2) is 0 Å². The van der Waals surface area contributed by atoms with E-state index in [0.29, 0.717) is 0 Å². The molecular weight excluding hydrogens is 731 g/mol. The molecule has 0 bridgehead atoms. The van der Waals surface area contributed by atoms with E-state index < -0.39 is 0 Å². The minimum absolute atomic E-state index is 0.177. The Kier molecular flexibility index (Phi) is 7.58. The van der Waals surface area contributed by atoms with Crippen molar-refractivity contribution in [2.24, 2.45) is 0 Å². The molecule has 12 rings (SSSR count). The first-order valence-corrected chi connectivity index (χ1v) is 20.7. The van der Waals surface area contributed by atoms with Gasteiger partial charge in [0.05, 0.1) is 11.4 Å². The molecule has 9 aromatic carbocycles. The van der Waals surface area contributed by atoms with E-state index in [1.165, 1.54) is 27.8 Å². The van der Waals surface area contributed by atoms with Crippen LogP contribution in [0.15, 0.2) is 209 Å². The Hall–Kier alpha value is -7.62. The van der Waals surface area contributed by atoms with Crippen molar-refractivity contribution >= 4 is 60.9 Å². The number of hydrogen-bond acceptors (Lipinski definition) is 3. The molecule has 1 aliphatic carbocycles. The minimum atomic E-state index is -0.177. The minimum Gasteiger partial charge on any atom is -0.456 e. The van der Waals surface area contributed by atoms with Crippen molar-refractivity contribution in [3.8, 4) is 44.5 Å². The molecule has 3 nitrogen and oxygen atoms in total. The molecule has 0 atom stereocenters. The number of fused-ring (bicyclic) bond motifs is 10. The van der Waals surface area contributed by atoms with Gasteiger partial charge in [-0.3, -0.25) is 0 Å². The molecule has 0 saturated carbocycles. The lowest BCUT2D eigenvalue weighted by molar-refractivity contribution is 0.660. The van der Waals surface area contributed by atoms with Crippen LogP contribution in [0.4, 0.5) is 17.1 Å². The van der Waals surface area contributed by atoms with E-state index in [9.17, 15) is 0 Å². The van der Waals surface area contributed by atoms with E-state index in [0.717, 1.165) is 88.8 Å². The average molecular weight is 770 g/mol. The molecule has 1 aliphatic rings. The van der Waals surface area contributed by atoms with Gasteiger partial charge in [-0.15, -0.1) is 0 Å². The molecular formula is C57H39NO2. The largest absolute Gasteiger partial charge is 0.456 e. The van der Waals surface area contributed by atoms with Gasteiger partial charge in [0.25, 0.3) is 0 Å². The number of furan rings is 2. The molecule has 2 aromatic heterocycles. The highest BCUT2D eigenvalue weighted by Gasteiger charge is 2.36. The first-order valence-electron chi connectivity index (χ1n) is 20.7. The van der Waals surface area contributed by atoms with Crippen molar-refractivity contribution < 1.29 is 8.83 Å². The third kappa shape index (κ3) is 5.15. The van der Waals surface area contributed by atoms with E-state index in [1.807, 2.05) is 18.2 Å². The summed E-state index contributed by atoms with van der Waals surface area (Å²) in [7, 11) is 0. The second-order valence-electron chi connectivity index (χ2n) is 16.4. The SMILES string of the molecule is CC1(C)c2ccccc2-c2ccc(N(c3ccccc3-c3ccccc3)c3ccc4c(oc5ccc6oc7ccccc7c6c54)c3-c3ccc(-c4ccccc4)cc3)cc21. The summed E-state index contributed by atoms with van der Waals surface area (Å²) >= 11 is 0. The van der Waals surface area contributed by atoms with E-state index in [4.69, 9.17) is 8.83 Å². The van der Waals surface area contributed by atoms with Crippen molar-refractivity contribution in [2.75, 3.05) is 4.90 Å². The summed E-state index contributed by atoms with van der Waals surface area (Å²) in [4.78, 5) is 2.46. The van der Waals surface area contributed by atoms with E-state index in [-0.39, 0.29) is 5.41 Å². The molecule has 0 unspecified atom stereocenters. The number of anilines is 3. The monoisotopic (exact) mass is 769 g/mol. The Balaban J connectivity index is 1.17. The molecule has 0 N–H and O–H groups in total. The molecule has 60 heavy (non-hydrogen) atoms. The Morgan fingerprint density at radius 1 is 0.383 bits per heavy atom. The normalized spacial score (nSPS) is 13.0. The van der Waals surface area contributed by atoms with Gasteiger partial charge in [0.1, 0.15) is 22.3 Å². The first kappa shape index (κ1) is 34.4. The van der Waals surface area contributed by atoms with E-state index in [1.54, 1.807) is 0 Å². The topological polar surface area (TPSA) is 29.5 Å². The predicted molar refractivity (Wildman–Crippen MR) is 250 cm³/mol. The molecule has 0 fully saturated rings. The lowest BCUT2D eigenvalue weighted by atomic mass is 9.82. The van der Waals surface area contributed by atoms with Crippen LogP contribution in [0.5, 0.6) is 0 Å². The highest BCUT2D eigenvalue weighted by Crippen LogP contribution is 2.54. The Morgan fingerprint density at radius 2 is 0.983 bits per heavy atom. The van der Waals surface area contributed by atoms with Crippen molar-refractivity contribution in [3.05, 3.63) is 211 Å². The fourth-order valence-corrected chi connectivity index (χ4v) is 9.83. The fraction of sp³-hybridized carbons (Fsp3) is 0.0526. The van der Waals surface area contributed by atoms with Gasteiger partial charge in [-0.1, -0.05) is 166 Å². The van der Waals surface area contributed by atoms with Crippen LogP contribution >= 0.6 is 0 Å². The van der Waals surface area contributed by atoms with Crippen LogP contribution in [0.25, 0.3) is 88.4 Å². The van der Waals surface area contributed by atoms with Gasteiger partial charge < -0.3 is 13.7 Å². The third-order valence-electron chi connectivity index (χ3n) is 12.7. The van der Waals surface area contributed by atoms with Gasteiger partial charge in [-0.2, -0.15) is 0 Å². The maximum atomic E-state index is 7.14. The van der Waals surface area contributed by atoms with Crippen molar-refractivity contribution in [3.63, 3.8) is 0 Å². The standard InChI is InChI=1S/C57H39NO2/c1-57(2)46-22-12-9-20-42(46)43-30-29-40(35-47(43)57)58(48-23-13-10-19-41(48)38-17-7-4-8-18-38)49-32-31-45-55-52(34-33-51-54(55)44-21-11-14-24-50(44)59-51)60-56(45)53(49)39-27-25-37(26-28-39)36-15-5-3-6-16-36/h3-35H,1-2H3. The Labute approximate surface area is 348 Å². The zero-order valence-corrected chi connectivity index (χ0v) is 33.3. The van der Waals surface area contributed by atoms with Crippen molar-refractivity contribution in [1.29, 1.82) is 0 Å². The average Bonchev–Trinajstić information content (AvgIpc) is 3.95. The summed E-state index contributed by atoms with van der Waals surface area (Å²) in [5.74, 6) is 0. The molecule has 0 spiro atoms. The van der Waals surface area contributed by atoms with Crippen LogP contribution in [0.2, 0.25) is 0 Å². The van der Waals surface area contributed by atoms with Crippen molar-refractivity contribution in [1.82, 2.24) is 0 Å². The fourth-order valence-electron chi connectivity index (χ4n) is 9.83. The van der Waals surface area contributed by atoms with Crippen molar-refractivity contribution in [2.45, 2.75) is 19.3 Å². The maximum Gasteiger partial charge on any atom is 0.145 e. The highest BCUT2D eigenvalue weighted by molar-refractivity contribution is 6.27. The number of nitrogens with zero attached hydrogens (tertiary/aromatic N) is 1. The van der Waals surface area contributed by atoms with Gasteiger partial charge in [0.2, 0.25) is 0 Å². The smallest absolute Gasteiger partial charge is 0.145 e. The summed E-state index contributed by atoms with van der Waals surface area (Å²) in [6, 6.07) is 71.9. The Bertz CT molecular complexity index is 3450.